The molecule has 27 heavy (non-hydrogen) atoms. The van der Waals surface area contributed by atoms with Gasteiger partial charge in [-0.1, -0.05) is 18.2 Å². The molecule has 1 aliphatic heterocycles. The first-order chi connectivity index (χ1) is 13.0. The van der Waals surface area contributed by atoms with E-state index in [0.29, 0.717) is 23.6 Å². The van der Waals surface area contributed by atoms with Gasteiger partial charge in [0.2, 0.25) is 5.91 Å². The van der Waals surface area contributed by atoms with Crippen LogP contribution in [-0.2, 0) is 19.1 Å². The molecule has 3 rings (SSSR count). The highest BCUT2D eigenvalue weighted by Crippen LogP contribution is 2.22. The third-order valence-corrected chi connectivity index (χ3v) is 4.04. The summed E-state index contributed by atoms with van der Waals surface area (Å²) in [7, 11) is 0. The standard InChI is InChI=1S/C20H20N2O5/c1-13(26-20(25)17-11-12-18(23)22-17)19(24)21-14-7-9-16(10-8-14)27-15-5-3-2-4-6-15/h2-10,13,17H,11-12H2,1H3,(H,21,24)(H,22,23)/t13-,17-/m1/s1. The molecule has 0 aromatic heterocycles. The van der Waals surface area contributed by atoms with Gasteiger partial charge in [0.15, 0.2) is 6.10 Å². The van der Waals surface area contributed by atoms with Gasteiger partial charge in [0.25, 0.3) is 5.91 Å². The minimum Gasteiger partial charge on any atom is -0.457 e. The van der Waals surface area contributed by atoms with Crippen molar-refractivity contribution in [3.8, 4) is 11.5 Å². The molecule has 0 unspecified atom stereocenters. The van der Waals surface area contributed by atoms with Crippen LogP contribution in [0.5, 0.6) is 11.5 Å². The van der Waals surface area contributed by atoms with Gasteiger partial charge in [-0.15, -0.1) is 0 Å². The van der Waals surface area contributed by atoms with Gasteiger partial charge in [0, 0.05) is 12.1 Å². The molecular formula is C20H20N2O5. The van der Waals surface area contributed by atoms with Crippen molar-refractivity contribution in [3.63, 3.8) is 0 Å². The van der Waals surface area contributed by atoms with Crippen LogP contribution in [0.1, 0.15) is 19.8 Å². The maximum absolute atomic E-state index is 12.2. The summed E-state index contributed by atoms with van der Waals surface area (Å²) in [5.41, 5.74) is 0.553. The van der Waals surface area contributed by atoms with E-state index in [1.807, 2.05) is 30.3 Å². The lowest BCUT2D eigenvalue weighted by Gasteiger charge is -2.16. The molecule has 2 N–H and O–H groups in total. The molecule has 1 saturated heterocycles. The third-order valence-electron chi connectivity index (χ3n) is 4.04. The fourth-order valence-electron chi connectivity index (χ4n) is 2.58. The van der Waals surface area contributed by atoms with Crippen molar-refractivity contribution >= 4 is 23.5 Å². The van der Waals surface area contributed by atoms with E-state index >= 15 is 0 Å². The zero-order chi connectivity index (χ0) is 19.2. The molecule has 1 fully saturated rings. The molecule has 2 aromatic rings. The number of esters is 1. The Morgan fingerprint density at radius 3 is 2.37 bits per heavy atom. The first kappa shape index (κ1) is 18.4. The number of rotatable bonds is 6. The van der Waals surface area contributed by atoms with E-state index in [4.69, 9.17) is 9.47 Å². The van der Waals surface area contributed by atoms with Crippen LogP contribution >= 0.6 is 0 Å². The number of hydrogen-bond donors (Lipinski definition) is 2. The summed E-state index contributed by atoms with van der Waals surface area (Å²) < 4.78 is 10.8. The number of carbonyl (C=O) groups excluding carboxylic acids is 3. The Morgan fingerprint density at radius 2 is 1.74 bits per heavy atom. The monoisotopic (exact) mass is 368 g/mol. The Labute approximate surface area is 156 Å². The summed E-state index contributed by atoms with van der Waals surface area (Å²) in [6.45, 7) is 1.48. The number of anilines is 1. The van der Waals surface area contributed by atoms with E-state index in [1.165, 1.54) is 6.92 Å². The second-order valence-electron chi connectivity index (χ2n) is 6.17. The molecule has 0 bridgehead atoms. The van der Waals surface area contributed by atoms with Crippen molar-refractivity contribution in [1.29, 1.82) is 0 Å². The van der Waals surface area contributed by atoms with Crippen LogP contribution in [0, 0.1) is 0 Å². The zero-order valence-electron chi connectivity index (χ0n) is 14.8. The van der Waals surface area contributed by atoms with Gasteiger partial charge in [-0.2, -0.15) is 0 Å². The summed E-state index contributed by atoms with van der Waals surface area (Å²) in [4.78, 5) is 35.3. The summed E-state index contributed by atoms with van der Waals surface area (Å²) in [5, 5.41) is 5.19. The normalized spacial score (nSPS) is 16.9. The number of hydrogen-bond acceptors (Lipinski definition) is 5. The molecular weight excluding hydrogens is 348 g/mol. The Morgan fingerprint density at radius 1 is 1.07 bits per heavy atom. The molecule has 0 radical (unpaired) electrons. The van der Waals surface area contributed by atoms with Crippen molar-refractivity contribution in [2.75, 3.05) is 5.32 Å². The first-order valence-electron chi connectivity index (χ1n) is 8.65. The SMILES string of the molecule is C[C@@H](OC(=O)[C@H]1CCC(=O)N1)C(=O)Nc1ccc(Oc2ccccc2)cc1. The predicted molar refractivity (Wildman–Crippen MR) is 98.3 cm³/mol. The minimum absolute atomic E-state index is 0.188. The van der Waals surface area contributed by atoms with Crippen LogP contribution in [0.15, 0.2) is 54.6 Å². The van der Waals surface area contributed by atoms with Crippen molar-refractivity contribution in [2.45, 2.75) is 31.9 Å². The maximum atomic E-state index is 12.2. The average Bonchev–Trinajstić information content (AvgIpc) is 3.10. The second-order valence-corrected chi connectivity index (χ2v) is 6.17. The van der Waals surface area contributed by atoms with Gasteiger partial charge in [-0.25, -0.2) is 4.79 Å². The number of carbonyl (C=O) groups is 3. The van der Waals surface area contributed by atoms with Gasteiger partial charge in [-0.05, 0) is 49.7 Å². The van der Waals surface area contributed by atoms with E-state index in [1.54, 1.807) is 24.3 Å². The second kappa shape index (κ2) is 8.35. The van der Waals surface area contributed by atoms with Crippen LogP contribution in [0.3, 0.4) is 0 Å². The summed E-state index contributed by atoms with van der Waals surface area (Å²) in [6.07, 6.45) is -0.303. The largest absolute Gasteiger partial charge is 0.457 e. The molecule has 0 saturated carbocycles. The van der Waals surface area contributed by atoms with Gasteiger partial charge in [-0.3, -0.25) is 9.59 Å². The highest BCUT2D eigenvalue weighted by Gasteiger charge is 2.30. The lowest BCUT2D eigenvalue weighted by atomic mass is 10.2. The molecule has 7 heteroatoms. The molecule has 0 spiro atoms. The van der Waals surface area contributed by atoms with E-state index in [-0.39, 0.29) is 12.3 Å². The topological polar surface area (TPSA) is 93.7 Å². The molecule has 2 aromatic carbocycles. The highest BCUT2D eigenvalue weighted by atomic mass is 16.5. The Kier molecular flexibility index (Phi) is 5.71. The zero-order valence-corrected chi connectivity index (χ0v) is 14.8. The van der Waals surface area contributed by atoms with Gasteiger partial charge in [0.05, 0.1) is 0 Å². The van der Waals surface area contributed by atoms with Crippen LogP contribution in [-0.4, -0.2) is 29.9 Å². The number of nitrogens with one attached hydrogen (secondary N) is 2. The number of para-hydroxylation sites is 1. The summed E-state index contributed by atoms with van der Waals surface area (Å²) in [5.74, 6) is 0.107. The van der Waals surface area contributed by atoms with E-state index in [0.717, 1.165) is 0 Å². The molecule has 1 aliphatic rings. The predicted octanol–water partition coefficient (Wildman–Crippen LogP) is 2.63. The van der Waals surface area contributed by atoms with Gasteiger partial charge >= 0.3 is 5.97 Å². The summed E-state index contributed by atoms with van der Waals surface area (Å²) in [6, 6.07) is 15.5. The quantitative estimate of drug-likeness (QED) is 0.765. The average molecular weight is 368 g/mol. The van der Waals surface area contributed by atoms with Crippen LogP contribution < -0.4 is 15.4 Å². The molecule has 2 amide bonds. The molecule has 7 nitrogen and oxygen atoms in total. The minimum atomic E-state index is -0.977. The molecule has 0 aliphatic carbocycles. The van der Waals surface area contributed by atoms with Crippen molar-refractivity contribution in [2.24, 2.45) is 0 Å². The molecule has 140 valence electrons. The molecule has 1 heterocycles. The molecule has 2 atom stereocenters. The van der Waals surface area contributed by atoms with Crippen LogP contribution in [0.25, 0.3) is 0 Å². The lowest BCUT2D eigenvalue weighted by Crippen LogP contribution is -2.39. The van der Waals surface area contributed by atoms with E-state index in [2.05, 4.69) is 10.6 Å². The maximum Gasteiger partial charge on any atom is 0.329 e. The number of benzene rings is 2. The Bertz CT molecular complexity index is 820. The van der Waals surface area contributed by atoms with Crippen LogP contribution in [0.2, 0.25) is 0 Å². The van der Waals surface area contributed by atoms with Gasteiger partial charge in [0.1, 0.15) is 17.5 Å². The van der Waals surface area contributed by atoms with Gasteiger partial charge < -0.3 is 20.1 Å². The fraction of sp³-hybridized carbons (Fsp3) is 0.250. The van der Waals surface area contributed by atoms with E-state index < -0.39 is 24.0 Å². The third kappa shape index (κ3) is 5.07. The fourth-order valence-corrected chi connectivity index (χ4v) is 2.58. The van der Waals surface area contributed by atoms with Crippen LogP contribution in [0.4, 0.5) is 5.69 Å². The Balaban J connectivity index is 1.51. The lowest BCUT2D eigenvalue weighted by molar-refractivity contribution is -0.155. The smallest absolute Gasteiger partial charge is 0.329 e. The first-order valence-corrected chi connectivity index (χ1v) is 8.65. The summed E-state index contributed by atoms with van der Waals surface area (Å²) >= 11 is 0. The number of ether oxygens (including phenoxy) is 2. The highest BCUT2D eigenvalue weighted by molar-refractivity contribution is 5.96. The van der Waals surface area contributed by atoms with E-state index in [9.17, 15) is 14.4 Å². The van der Waals surface area contributed by atoms with Crippen molar-refractivity contribution in [3.05, 3.63) is 54.6 Å². The van der Waals surface area contributed by atoms with Crippen molar-refractivity contribution < 1.29 is 23.9 Å². The van der Waals surface area contributed by atoms with Crippen molar-refractivity contribution in [1.82, 2.24) is 5.32 Å². The Hall–Kier alpha value is -3.35. The number of amides is 2.